The molecule has 0 spiro atoms. The van der Waals surface area contributed by atoms with Crippen LogP contribution in [-0.2, 0) is 14.4 Å². The minimum absolute atomic E-state index is 0.0546. The number of anilines is 1. The number of aromatic nitrogens is 1. The standard InChI is InChI=1S/C39H50N2O3/c1-34(2)29-13-16-39(7)32(37(29,5)15-14-30(34)43)28(42)22-25-26-23-36(4,18-17-35(26,3)19-20-38(25,39)6)33(44)41-27-12-8-10-24-11-9-21-40-31(24)27/h8-12,21-22,26,29,32H,13-20,23H2,1-7H3,(H,41,44)/t26-,29-,32+,35+,36-,37-,38+,39+/m0/s1. The van der Waals surface area contributed by atoms with Crippen LogP contribution in [0.4, 0.5) is 5.69 Å². The molecular formula is C39H50N2O3. The van der Waals surface area contributed by atoms with Crippen molar-refractivity contribution in [3.8, 4) is 0 Å². The van der Waals surface area contributed by atoms with Crippen LogP contribution >= 0.6 is 0 Å². The van der Waals surface area contributed by atoms with Crippen LogP contribution in [0.1, 0.15) is 106 Å². The molecule has 4 saturated carbocycles. The molecule has 1 aromatic heterocycles. The average molecular weight is 595 g/mol. The first-order chi connectivity index (χ1) is 20.6. The molecule has 1 heterocycles. The third-order valence-electron chi connectivity index (χ3n) is 14.7. The molecule has 1 N–H and O–H groups in total. The third-order valence-corrected chi connectivity index (χ3v) is 14.7. The first-order valence-electron chi connectivity index (χ1n) is 17.0. The molecular weight excluding hydrogens is 544 g/mol. The van der Waals surface area contributed by atoms with Crippen LogP contribution in [-0.4, -0.2) is 22.5 Å². The molecule has 44 heavy (non-hydrogen) atoms. The summed E-state index contributed by atoms with van der Waals surface area (Å²) in [6.45, 7) is 16.0. The Kier molecular flexibility index (Phi) is 6.35. The highest BCUT2D eigenvalue weighted by molar-refractivity contribution is 6.02. The van der Waals surface area contributed by atoms with Gasteiger partial charge < -0.3 is 5.32 Å². The maximum Gasteiger partial charge on any atom is 0.230 e. The SMILES string of the molecule is CC1(C)C(=O)CC[C@]2(C)[C@H]3C(=O)C=C4[C@@H]5C[C@@](C)(C(=O)Nc6cccc7cccnc67)CC[C@]5(C)CC[C@@]4(C)[C@]3(C)CC[C@@H]12. The fraction of sp³-hybridized carbons (Fsp3) is 0.641. The number of carbonyl (C=O) groups is 3. The molecule has 1 aromatic carbocycles. The number of fused-ring (bicyclic) bond motifs is 8. The summed E-state index contributed by atoms with van der Waals surface area (Å²) in [5.41, 5.74) is 1.59. The molecule has 0 bridgehead atoms. The molecule has 0 radical (unpaired) electrons. The van der Waals surface area contributed by atoms with Gasteiger partial charge in [-0.1, -0.05) is 72.2 Å². The van der Waals surface area contributed by atoms with Gasteiger partial charge in [-0.05, 0) is 103 Å². The van der Waals surface area contributed by atoms with Crippen molar-refractivity contribution >= 4 is 34.1 Å². The summed E-state index contributed by atoms with van der Waals surface area (Å²) in [6.07, 6.45) is 12.0. The van der Waals surface area contributed by atoms with E-state index < -0.39 is 5.41 Å². The van der Waals surface area contributed by atoms with Crippen molar-refractivity contribution in [2.24, 2.45) is 50.2 Å². The number of amides is 1. The molecule has 234 valence electrons. The van der Waals surface area contributed by atoms with E-state index in [-0.39, 0.29) is 56.5 Å². The van der Waals surface area contributed by atoms with Gasteiger partial charge in [0.25, 0.3) is 0 Å². The monoisotopic (exact) mass is 594 g/mol. The number of carbonyl (C=O) groups excluding carboxylic acids is 3. The van der Waals surface area contributed by atoms with Crippen molar-refractivity contribution in [1.82, 2.24) is 4.98 Å². The maximum atomic E-state index is 14.6. The van der Waals surface area contributed by atoms with E-state index in [2.05, 4.69) is 64.8 Å². The average Bonchev–Trinajstić information content (AvgIpc) is 2.97. The van der Waals surface area contributed by atoms with Gasteiger partial charge in [-0.25, -0.2) is 0 Å². The van der Waals surface area contributed by atoms with Crippen LogP contribution in [0.3, 0.4) is 0 Å². The van der Waals surface area contributed by atoms with Crippen LogP contribution in [0.2, 0.25) is 0 Å². The first-order valence-corrected chi connectivity index (χ1v) is 17.0. The van der Waals surface area contributed by atoms with Crippen molar-refractivity contribution in [3.05, 3.63) is 48.2 Å². The van der Waals surface area contributed by atoms with Crippen LogP contribution in [0.15, 0.2) is 48.2 Å². The van der Waals surface area contributed by atoms with Crippen molar-refractivity contribution in [3.63, 3.8) is 0 Å². The lowest BCUT2D eigenvalue weighted by Gasteiger charge is -2.70. The summed E-state index contributed by atoms with van der Waals surface area (Å²) in [6, 6.07) is 9.88. The lowest BCUT2D eigenvalue weighted by atomic mass is 9.33. The highest BCUT2D eigenvalue weighted by atomic mass is 16.2. The second-order valence-electron chi connectivity index (χ2n) is 17.2. The van der Waals surface area contributed by atoms with Gasteiger partial charge in [-0.3, -0.25) is 19.4 Å². The minimum atomic E-state index is -0.543. The molecule has 4 fully saturated rings. The Morgan fingerprint density at radius 2 is 1.61 bits per heavy atom. The fourth-order valence-electron chi connectivity index (χ4n) is 11.7. The number of ketones is 2. The zero-order valence-corrected chi connectivity index (χ0v) is 27.8. The van der Waals surface area contributed by atoms with E-state index in [1.54, 1.807) is 6.20 Å². The highest BCUT2D eigenvalue weighted by Crippen LogP contribution is 2.74. The molecule has 5 heteroatoms. The van der Waals surface area contributed by atoms with Crippen molar-refractivity contribution < 1.29 is 14.4 Å². The lowest BCUT2D eigenvalue weighted by molar-refractivity contribution is -0.187. The topological polar surface area (TPSA) is 76.1 Å². The zero-order chi connectivity index (χ0) is 31.5. The Balaban J connectivity index is 1.24. The normalized spacial score (nSPS) is 42.8. The number of pyridine rings is 1. The molecule has 5 aliphatic rings. The Hall–Kier alpha value is -2.82. The maximum absolute atomic E-state index is 14.6. The van der Waals surface area contributed by atoms with E-state index in [1.807, 2.05) is 30.3 Å². The van der Waals surface area contributed by atoms with Crippen LogP contribution in [0.25, 0.3) is 10.9 Å². The summed E-state index contributed by atoms with van der Waals surface area (Å²) in [5, 5.41) is 4.29. The van der Waals surface area contributed by atoms with Crippen LogP contribution in [0.5, 0.6) is 0 Å². The van der Waals surface area contributed by atoms with E-state index in [0.717, 1.165) is 68.0 Å². The predicted molar refractivity (Wildman–Crippen MR) is 175 cm³/mol. The number of nitrogens with zero attached hydrogens (tertiary/aromatic N) is 1. The molecule has 0 unspecified atom stereocenters. The van der Waals surface area contributed by atoms with Gasteiger partial charge in [0.1, 0.15) is 5.78 Å². The van der Waals surface area contributed by atoms with E-state index >= 15 is 0 Å². The summed E-state index contributed by atoms with van der Waals surface area (Å²) in [7, 11) is 0. The Bertz CT molecular complexity index is 1620. The van der Waals surface area contributed by atoms with Gasteiger partial charge in [-0.2, -0.15) is 0 Å². The van der Waals surface area contributed by atoms with E-state index in [4.69, 9.17) is 0 Å². The number of allylic oxidation sites excluding steroid dienone is 2. The number of hydrogen-bond donors (Lipinski definition) is 1. The molecule has 2 aromatic rings. The highest BCUT2D eigenvalue weighted by Gasteiger charge is 2.70. The molecule has 0 aliphatic heterocycles. The number of benzene rings is 1. The molecule has 7 rings (SSSR count). The number of para-hydroxylation sites is 1. The number of rotatable bonds is 2. The molecule has 1 amide bonds. The number of hydrogen-bond acceptors (Lipinski definition) is 4. The van der Waals surface area contributed by atoms with Gasteiger partial charge in [-0.15, -0.1) is 0 Å². The second-order valence-corrected chi connectivity index (χ2v) is 17.2. The Morgan fingerprint density at radius 1 is 0.886 bits per heavy atom. The van der Waals surface area contributed by atoms with Crippen LogP contribution < -0.4 is 5.32 Å². The van der Waals surface area contributed by atoms with Gasteiger partial charge >= 0.3 is 0 Å². The number of nitrogens with one attached hydrogen (secondary N) is 1. The van der Waals surface area contributed by atoms with E-state index in [1.165, 1.54) is 5.57 Å². The molecule has 0 saturated heterocycles. The van der Waals surface area contributed by atoms with E-state index in [9.17, 15) is 14.4 Å². The van der Waals surface area contributed by atoms with Gasteiger partial charge in [0.2, 0.25) is 5.91 Å². The third kappa shape index (κ3) is 3.83. The van der Waals surface area contributed by atoms with Gasteiger partial charge in [0.05, 0.1) is 11.2 Å². The van der Waals surface area contributed by atoms with Gasteiger partial charge in [0, 0.05) is 34.8 Å². The number of Topliss-reactive ketones (excluding diaryl/α,β-unsaturated/α-hetero) is 1. The summed E-state index contributed by atoms with van der Waals surface area (Å²) in [4.78, 5) is 46.4. The summed E-state index contributed by atoms with van der Waals surface area (Å²) < 4.78 is 0. The van der Waals surface area contributed by atoms with Crippen molar-refractivity contribution in [2.45, 2.75) is 106 Å². The van der Waals surface area contributed by atoms with Crippen molar-refractivity contribution in [2.75, 3.05) is 5.32 Å². The predicted octanol–water partition coefficient (Wildman–Crippen LogP) is 8.72. The Morgan fingerprint density at radius 3 is 2.39 bits per heavy atom. The molecule has 5 nitrogen and oxygen atoms in total. The first kappa shape index (κ1) is 29.9. The quantitative estimate of drug-likeness (QED) is 0.377. The van der Waals surface area contributed by atoms with Gasteiger partial charge in [0.15, 0.2) is 5.78 Å². The lowest BCUT2D eigenvalue weighted by Crippen LogP contribution is -2.66. The molecule has 8 atom stereocenters. The summed E-state index contributed by atoms with van der Waals surface area (Å²) >= 11 is 0. The fourth-order valence-corrected chi connectivity index (χ4v) is 11.7. The van der Waals surface area contributed by atoms with Crippen LogP contribution in [0, 0.1) is 50.2 Å². The zero-order valence-electron chi connectivity index (χ0n) is 27.8. The van der Waals surface area contributed by atoms with E-state index in [0.29, 0.717) is 12.2 Å². The second kappa shape index (κ2) is 9.36. The summed E-state index contributed by atoms with van der Waals surface area (Å²) in [5.74, 6) is 1.04. The Labute approximate surface area is 263 Å². The largest absolute Gasteiger partial charge is 0.324 e. The molecule has 5 aliphatic carbocycles. The minimum Gasteiger partial charge on any atom is -0.324 e. The smallest absolute Gasteiger partial charge is 0.230 e. The van der Waals surface area contributed by atoms with Crippen molar-refractivity contribution in [1.29, 1.82) is 0 Å².